The zero-order valence-corrected chi connectivity index (χ0v) is 13.9. The van der Waals surface area contributed by atoms with Crippen LogP contribution in [0.15, 0.2) is 42.7 Å². The molecule has 2 aromatic rings. The van der Waals surface area contributed by atoms with Gasteiger partial charge in [-0.25, -0.2) is 9.97 Å². The Morgan fingerprint density at radius 2 is 1.78 bits per heavy atom. The number of nitrogens with one attached hydrogen (secondary N) is 1. The molecule has 23 heavy (non-hydrogen) atoms. The number of piperazine rings is 1. The summed E-state index contributed by atoms with van der Waals surface area (Å²) in [6.07, 6.45) is 1.65. The van der Waals surface area contributed by atoms with Gasteiger partial charge in [0.25, 0.3) is 0 Å². The highest BCUT2D eigenvalue weighted by atomic mass is 15.3. The third kappa shape index (κ3) is 4.42. The van der Waals surface area contributed by atoms with Crippen molar-refractivity contribution in [3.8, 4) is 0 Å². The summed E-state index contributed by atoms with van der Waals surface area (Å²) in [6, 6.07) is 13.1. The molecule has 5 nitrogen and oxygen atoms in total. The fourth-order valence-corrected chi connectivity index (χ4v) is 2.87. The van der Waals surface area contributed by atoms with Crippen molar-refractivity contribution < 1.29 is 0 Å². The molecule has 0 spiro atoms. The molecule has 0 saturated carbocycles. The number of aromatic nitrogens is 2. The second kappa shape index (κ2) is 7.42. The van der Waals surface area contributed by atoms with E-state index in [4.69, 9.17) is 0 Å². The van der Waals surface area contributed by atoms with Crippen molar-refractivity contribution in [2.24, 2.45) is 0 Å². The average Bonchev–Trinajstić information content (AvgIpc) is 2.56. The number of anilines is 2. The van der Waals surface area contributed by atoms with Gasteiger partial charge in [0, 0.05) is 44.8 Å². The highest BCUT2D eigenvalue weighted by Crippen LogP contribution is 2.17. The number of nitrogens with zero attached hydrogens (tertiary/aromatic N) is 4. The summed E-state index contributed by atoms with van der Waals surface area (Å²) in [5, 5.41) is 3.34. The molecule has 0 amide bonds. The van der Waals surface area contributed by atoms with Crippen LogP contribution < -0.4 is 10.2 Å². The molecule has 0 bridgehead atoms. The van der Waals surface area contributed by atoms with Crippen molar-refractivity contribution in [1.82, 2.24) is 14.9 Å². The van der Waals surface area contributed by atoms with E-state index in [2.05, 4.69) is 69.3 Å². The van der Waals surface area contributed by atoms with Gasteiger partial charge in [-0.1, -0.05) is 30.3 Å². The quantitative estimate of drug-likeness (QED) is 0.919. The lowest BCUT2D eigenvalue weighted by Crippen LogP contribution is -2.46. The molecular formula is C18H25N5. The standard InChI is InChI=1S/C18H25N5/c1-15(2)21-17-12-18(20-14-19-17)23-10-8-22(9-11-23)13-16-6-4-3-5-7-16/h3-7,12,14-15H,8-11,13H2,1-2H3,(H,19,20,21). The molecule has 1 saturated heterocycles. The zero-order chi connectivity index (χ0) is 16.1. The molecule has 1 aromatic carbocycles. The largest absolute Gasteiger partial charge is 0.368 e. The maximum absolute atomic E-state index is 4.44. The van der Waals surface area contributed by atoms with Crippen LogP contribution in [0.25, 0.3) is 0 Å². The summed E-state index contributed by atoms with van der Waals surface area (Å²) in [5.74, 6) is 1.92. The normalized spacial score (nSPS) is 15.9. The first-order chi connectivity index (χ1) is 11.2. The van der Waals surface area contributed by atoms with Crippen LogP contribution in [0, 0.1) is 0 Å². The van der Waals surface area contributed by atoms with Crippen molar-refractivity contribution in [1.29, 1.82) is 0 Å². The van der Waals surface area contributed by atoms with Crippen LogP contribution in [-0.2, 0) is 6.54 Å². The van der Waals surface area contributed by atoms with E-state index in [0.717, 1.165) is 44.4 Å². The maximum atomic E-state index is 4.44. The van der Waals surface area contributed by atoms with Crippen LogP contribution in [0.5, 0.6) is 0 Å². The van der Waals surface area contributed by atoms with Gasteiger partial charge in [0.15, 0.2) is 0 Å². The molecule has 1 aliphatic heterocycles. The average molecular weight is 311 g/mol. The Labute approximate surface area is 138 Å². The van der Waals surface area contributed by atoms with Gasteiger partial charge >= 0.3 is 0 Å². The van der Waals surface area contributed by atoms with Crippen LogP contribution >= 0.6 is 0 Å². The lowest BCUT2D eigenvalue weighted by molar-refractivity contribution is 0.249. The van der Waals surface area contributed by atoms with Crippen molar-refractivity contribution in [2.75, 3.05) is 36.4 Å². The number of hydrogen-bond acceptors (Lipinski definition) is 5. The predicted molar refractivity (Wildman–Crippen MR) is 94.7 cm³/mol. The Bertz CT molecular complexity index is 606. The monoisotopic (exact) mass is 311 g/mol. The Morgan fingerprint density at radius 1 is 1.04 bits per heavy atom. The van der Waals surface area contributed by atoms with Crippen LogP contribution in [0.2, 0.25) is 0 Å². The SMILES string of the molecule is CC(C)Nc1cc(N2CCN(Cc3ccccc3)CC2)ncn1. The summed E-state index contributed by atoms with van der Waals surface area (Å²) in [4.78, 5) is 13.6. The summed E-state index contributed by atoms with van der Waals surface area (Å²) in [6.45, 7) is 9.39. The highest BCUT2D eigenvalue weighted by Gasteiger charge is 2.18. The van der Waals surface area contributed by atoms with E-state index >= 15 is 0 Å². The van der Waals surface area contributed by atoms with E-state index in [1.165, 1.54) is 5.56 Å². The van der Waals surface area contributed by atoms with Gasteiger partial charge in [0.1, 0.15) is 18.0 Å². The zero-order valence-electron chi connectivity index (χ0n) is 13.9. The number of hydrogen-bond donors (Lipinski definition) is 1. The van der Waals surface area contributed by atoms with E-state index < -0.39 is 0 Å². The van der Waals surface area contributed by atoms with Crippen molar-refractivity contribution in [2.45, 2.75) is 26.4 Å². The van der Waals surface area contributed by atoms with E-state index in [1.54, 1.807) is 6.33 Å². The third-order valence-corrected chi connectivity index (χ3v) is 4.03. The summed E-state index contributed by atoms with van der Waals surface area (Å²) >= 11 is 0. The Hall–Kier alpha value is -2.14. The van der Waals surface area contributed by atoms with E-state index in [1.807, 2.05) is 6.07 Å². The van der Waals surface area contributed by atoms with Gasteiger partial charge in [0.2, 0.25) is 0 Å². The minimum absolute atomic E-state index is 0.375. The van der Waals surface area contributed by atoms with Crippen LogP contribution in [-0.4, -0.2) is 47.1 Å². The topological polar surface area (TPSA) is 44.3 Å². The van der Waals surface area contributed by atoms with Gasteiger partial charge in [-0.2, -0.15) is 0 Å². The molecule has 0 unspecified atom stereocenters. The minimum atomic E-state index is 0.375. The molecular weight excluding hydrogens is 286 g/mol. The van der Waals surface area contributed by atoms with Crippen molar-refractivity contribution in [3.63, 3.8) is 0 Å². The van der Waals surface area contributed by atoms with Gasteiger partial charge in [-0.05, 0) is 19.4 Å². The molecule has 3 rings (SSSR count). The van der Waals surface area contributed by atoms with Crippen LogP contribution in [0.4, 0.5) is 11.6 Å². The van der Waals surface area contributed by atoms with Crippen LogP contribution in [0.3, 0.4) is 0 Å². The number of benzene rings is 1. The van der Waals surface area contributed by atoms with Crippen molar-refractivity contribution >= 4 is 11.6 Å². The number of rotatable bonds is 5. The molecule has 1 aliphatic rings. The second-order valence-corrected chi connectivity index (χ2v) is 6.31. The molecule has 2 heterocycles. The predicted octanol–water partition coefficient (Wildman–Crippen LogP) is 2.62. The molecule has 0 radical (unpaired) electrons. The molecule has 0 aliphatic carbocycles. The molecule has 1 fully saturated rings. The second-order valence-electron chi connectivity index (χ2n) is 6.31. The molecule has 0 atom stereocenters. The van der Waals surface area contributed by atoms with Crippen LogP contribution in [0.1, 0.15) is 19.4 Å². The Kier molecular flexibility index (Phi) is 5.08. The summed E-state index contributed by atoms with van der Waals surface area (Å²) in [5.41, 5.74) is 1.38. The van der Waals surface area contributed by atoms with E-state index in [9.17, 15) is 0 Å². The molecule has 122 valence electrons. The van der Waals surface area contributed by atoms with Crippen molar-refractivity contribution in [3.05, 3.63) is 48.3 Å². The molecule has 1 aromatic heterocycles. The minimum Gasteiger partial charge on any atom is -0.368 e. The van der Waals surface area contributed by atoms with Gasteiger partial charge in [-0.3, -0.25) is 4.90 Å². The summed E-state index contributed by atoms with van der Waals surface area (Å²) in [7, 11) is 0. The fourth-order valence-electron chi connectivity index (χ4n) is 2.87. The first kappa shape index (κ1) is 15.7. The Balaban J connectivity index is 1.56. The lowest BCUT2D eigenvalue weighted by Gasteiger charge is -2.35. The summed E-state index contributed by atoms with van der Waals surface area (Å²) < 4.78 is 0. The smallest absolute Gasteiger partial charge is 0.134 e. The molecule has 5 heteroatoms. The van der Waals surface area contributed by atoms with Gasteiger partial charge in [0.05, 0.1) is 0 Å². The van der Waals surface area contributed by atoms with Gasteiger partial charge < -0.3 is 10.2 Å². The Morgan fingerprint density at radius 3 is 2.48 bits per heavy atom. The lowest BCUT2D eigenvalue weighted by atomic mass is 10.2. The highest BCUT2D eigenvalue weighted by molar-refractivity contribution is 5.49. The van der Waals surface area contributed by atoms with Gasteiger partial charge in [-0.15, -0.1) is 0 Å². The first-order valence-electron chi connectivity index (χ1n) is 8.30. The first-order valence-corrected chi connectivity index (χ1v) is 8.30. The van der Waals surface area contributed by atoms with E-state index in [-0.39, 0.29) is 0 Å². The van der Waals surface area contributed by atoms with E-state index in [0.29, 0.717) is 6.04 Å². The fraction of sp³-hybridized carbons (Fsp3) is 0.444. The maximum Gasteiger partial charge on any atom is 0.134 e. The molecule has 1 N–H and O–H groups in total. The third-order valence-electron chi connectivity index (χ3n) is 4.03.